The minimum atomic E-state index is -4.14. The highest BCUT2D eigenvalue weighted by Gasteiger charge is 2.30. The molecule has 9 heteroatoms. The summed E-state index contributed by atoms with van der Waals surface area (Å²) in [5.41, 5.74) is 1.03. The number of nitrogens with zero attached hydrogens (tertiary/aromatic N) is 1. The largest absolute Gasteiger partial charge is 0.497 e. The molecule has 1 amide bonds. The second kappa shape index (κ2) is 9.57. The average molecular weight is 445 g/mol. The van der Waals surface area contributed by atoms with Crippen molar-refractivity contribution in [3.63, 3.8) is 0 Å². The zero-order chi connectivity index (χ0) is 22.4. The van der Waals surface area contributed by atoms with Crippen LogP contribution < -0.4 is 19.1 Å². The van der Waals surface area contributed by atoms with Crippen molar-refractivity contribution in [2.75, 3.05) is 25.1 Å². The molecule has 0 unspecified atom stereocenters. The third-order valence-electron chi connectivity index (χ3n) is 4.56. The van der Waals surface area contributed by atoms with E-state index >= 15 is 0 Å². The van der Waals surface area contributed by atoms with Gasteiger partial charge in [-0.1, -0.05) is 12.1 Å². The summed E-state index contributed by atoms with van der Waals surface area (Å²) in [6.07, 6.45) is 1.50. The predicted octanol–water partition coefficient (Wildman–Crippen LogP) is 3.12. The second-order valence-corrected chi connectivity index (χ2v) is 8.55. The molecule has 1 aromatic heterocycles. The molecule has 0 fully saturated rings. The van der Waals surface area contributed by atoms with Gasteiger partial charge in [-0.25, -0.2) is 8.42 Å². The van der Waals surface area contributed by atoms with Crippen molar-refractivity contribution in [3.8, 4) is 11.5 Å². The number of anilines is 1. The van der Waals surface area contributed by atoms with E-state index in [1.54, 1.807) is 55.5 Å². The van der Waals surface area contributed by atoms with E-state index in [2.05, 4.69) is 5.32 Å². The molecule has 164 valence electrons. The van der Waals surface area contributed by atoms with Crippen molar-refractivity contribution in [2.45, 2.75) is 18.4 Å². The van der Waals surface area contributed by atoms with Crippen LogP contribution in [-0.2, 0) is 21.4 Å². The van der Waals surface area contributed by atoms with Crippen molar-refractivity contribution < 1.29 is 27.1 Å². The summed E-state index contributed by atoms with van der Waals surface area (Å²) in [7, 11) is -1.26. The Morgan fingerprint density at radius 1 is 1.06 bits per heavy atom. The number of amides is 1. The quantitative estimate of drug-likeness (QED) is 0.545. The van der Waals surface area contributed by atoms with E-state index in [1.807, 2.05) is 0 Å². The second-order valence-electron chi connectivity index (χ2n) is 6.72. The predicted molar refractivity (Wildman–Crippen MR) is 116 cm³/mol. The summed E-state index contributed by atoms with van der Waals surface area (Å²) < 4.78 is 44.0. The van der Waals surface area contributed by atoms with E-state index in [9.17, 15) is 13.2 Å². The average Bonchev–Trinajstić information content (AvgIpc) is 3.29. The van der Waals surface area contributed by atoms with Crippen LogP contribution in [0.4, 0.5) is 5.69 Å². The molecule has 1 N–H and O–H groups in total. The van der Waals surface area contributed by atoms with E-state index in [0.717, 1.165) is 9.87 Å². The Kier molecular flexibility index (Phi) is 6.86. The van der Waals surface area contributed by atoms with Gasteiger partial charge in [-0.2, -0.15) is 0 Å². The molecule has 0 saturated heterocycles. The molecule has 0 saturated carbocycles. The first-order valence-corrected chi connectivity index (χ1v) is 10.9. The third-order valence-corrected chi connectivity index (χ3v) is 6.35. The lowest BCUT2D eigenvalue weighted by Gasteiger charge is -2.25. The minimum absolute atomic E-state index is 0.0309. The van der Waals surface area contributed by atoms with E-state index in [-0.39, 0.29) is 22.9 Å². The Morgan fingerprint density at radius 2 is 1.87 bits per heavy atom. The van der Waals surface area contributed by atoms with Gasteiger partial charge in [0.05, 0.1) is 32.7 Å². The molecule has 0 spiro atoms. The van der Waals surface area contributed by atoms with E-state index in [1.165, 1.54) is 26.5 Å². The summed E-state index contributed by atoms with van der Waals surface area (Å²) in [4.78, 5) is 12.6. The molecule has 2 aromatic carbocycles. The summed E-state index contributed by atoms with van der Waals surface area (Å²) in [6.45, 7) is 1.49. The standard InChI is InChI=1S/C22H24N2O6S/c1-16-9-10-20(29-3)21(12-16)31(26,27)24(17-6-4-7-18(13-17)28-2)15-22(25)23-14-19-8-5-11-30-19/h4-13H,14-15H2,1-3H3,(H,23,25). The lowest BCUT2D eigenvalue weighted by Crippen LogP contribution is -2.40. The number of carbonyl (C=O) groups is 1. The van der Waals surface area contributed by atoms with Crippen LogP contribution in [0.3, 0.4) is 0 Å². The molecule has 0 bridgehead atoms. The van der Waals surface area contributed by atoms with Crippen molar-refractivity contribution >= 4 is 21.6 Å². The molecule has 0 radical (unpaired) electrons. The highest BCUT2D eigenvalue weighted by molar-refractivity contribution is 7.93. The first-order valence-electron chi connectivity index (χ1n) is 9.45. The molecule has 0 atom stereocenters. The molecule has 0 aliphatic rings. The lowest BCUT2D eigenvalue weighted by molar-refractivity contribution is -0.119. The molecule has 0 aliphatic carbocycles. The number of sulfonamides is 1. The summed E-state index contributed by atoms with van der Waals surface area (Å²) >= 11 is 0. The third kappa shape index (κ3) is 5.18. The van der Waals surface area contributed by atoms with Crippen LogP contribution in [0.25, 0.3) is 0 Å². The number of furan rings is 1. The molecular formula is C22H24N2O6S. The summed E-state index contributed by atoms with van der Waals surface area (Å²) in [6, 6.07) is 14.8. The molecule has 0 aliphatic heterocycles. The first-order chi connectivity index (χ1) is 14.8. The van der Waals surface area contributed by atoms with Crippen LogP contribution in [0.15, 0.2) is 70.2 Å². The Hall–Kier alpha value is -3.46. The molecule has 3 aromatic rings. The number of methoxy groups -OCH3 is 2. The van der Waals surface area contributed by atoms with Crippen LogP contribution in [0, 0.1) is 6.92 Å². The van der Waals surface area contributed by atoms with E-state index < -0.39 is 22.5 Å². The SMILES string of the molecule is COc1cccc(N(CC(=O)NCc2ccco2)S(=O)(=O)c2cc(C)ccc2OC)c1. The van der Waals surface area contributed by atoms with Crippen LogP contribution in [0.2, 0.25) is 0 Å². The first kappa shape index (κ1) is 22.2. The molecule has 8 nitrogen and oxygen atoms in total. The number of hydrogen-bond donors (Lipinski definition) is 1. The van der Waals surface area contributed by atoms with Crippen LogP contribution in [0.1, 0.15) is 11.3 Å². The number of benzene rings is 2. The van der Waals surface area contributed by atoms with Gasteiger partial charge in [-0.05, 0) is 48.9 Å². The van der Waals surface area contributed by atoms with Gasteiger partial charge in [0.2, 0.25) is 5.91 Å². The lowest BCUT2D eigenvalue weighted by atomic mass is 10.2. The van der Waals surface area contributed by atoms with Crippen LogP contribution >= 0.6 is 0 Å². The number of aryl methyl sites for hydroxylation is 1. The maximum absolute atomic E-state index is 13.6. The number of ether oxygens (including phenoxy) is 2. The van der Waals surface area contributed by atoms with Gasteiger partial charge in [-0.3, -0.25) is 9.10 Å². The van der Waals surface area contributed by atoms with E-state index in [4.69, 9.17) is 13.9 Å². The summed E-state index contributed by atoms with van der Waals surface area (Å²) in [5.74, 6) is 0.721. The molecular weight excluding hydrogens is 420 g/mol. The molecule has 1 heterocycles. The van der Waals surface area contributed by atoms with Gasteiger partial charge in [0.15, 0.2) is 0 Å². The fourth-order valence-corrected chi connectivity index (χ4v) is 4.63. The van der Waals surface area contributed by atoms with Gasteiger partial charge >= 0.3 is 0 Å². The number of hydrogen-bond acceptors (Lipinski definition) is 6. The number of rotatable bonds is 9. The van der Waals surface area contributed by atoms with Crippen molar-refractivity contribution in [3.05, 3.63) is 72.2 Å². The molecule has 3 rings (SSSR count). The maximum Gasteiger partial charge on any atom is 0.268 e. The maximum atomic E-state index is 13.6. The van der Waals surface area contributed by atoms with Crippen molar-refractivity contribution in [1.29, 1.82) is 0 Å². The Morgan fingerprint density at radius 3 is 2.55 bits per heavy atom. The highest BCUT2D eigenvalue weighted by Crippen LogP contribution is 2.32. The number of nitrogens with one attached hydrogen (secondary N) is 1. The fourth-order valence-electron chi connectivity index (χ4n) is 2.97. The monoisotopic (exact) mass is 444 g/mol. The normalized spacial score (nSPS) is 11.1. The van der Waals surface area contributed by atoms with E-state index in [0.29, 0.717) is 11.5 Å². The van der Waals surface area contributed by atoms with Crippen molar-refractivity contribution in [2.24, 2.45) is 0 Å². The van der Waals surface area contributed by atoms with Gasteiger partial charge in [0.1, 0.15) is 28.7 Å². The van der Waals surface area contributed by atoms with Gasteiger partial charge in [-0.15, -0.1) is 0 Å². The highest BCUT2D eigenvalue weighted by atomic mass is 32.2. The minimum Gasteiger partial charge on any atom is -0.497 e. The number of carbonyl (C=O) groups excluding carboxylic acids is 1. The zero-order valence-corrected chi connectivity index (χ0v) is 18.3. The Bertz CT molecular complexity index is 1140. The Balaban J connectivity index is 1.98. The van der Waals surface area contributed by atoms with Gasteiger partial charge < -0.3 is 19.2 Å². The smallest absolute Gasteiger partial charge is 0.268 e. The van der Waals surface area contributed by atoms with Crippen molar-refractivity contribution in [1.82, 2.24) is 5.32 Å². The zero-order valence-electron chi connectivity index (χ0n) is 17.5. The topological polar surface area (TPSA) is 98.1 Å². The Labute approximate surface area is 181 Å². The fraction of sp³-hybridized carbons (Fsp3) is 0.227. The van der Waals surface area contributed by atoms with Crippen LogP contribution in [0.5, 0.6) is 11.5 Å². The van der Waals surface area contributed by atoms with Gasteiger partial charge in [0, 0.05) is 6.07 Å². The van der Waals surface area contributed by atoms with Gasteiger partial charge in [0.25, 0.3) is 10.0 Å². The summed E-state index contributed by atoms with van der Waals surface area (Å²) in [5, 5.41) is 2.68. The molecule has 31 heavy (non-hydrogen) atoms. The van der Waals surface area contributed by atoms with Crippen LogP contribution in [-0.4, -0.2) is 35.1 Å².